The standard InChI is InChI=1S/C18H19NO3S/c1-13-4-9-16(23-13)10-11-17(20)14-5-7-15(8-6-14)22-12-18(21)19(2)3/h4-11H,12H2,1-3H3/b11-10+. The Morgan fingerprint density at radius 1 is 1.13 bits per heavy atom. The number of hydrogen-bond donors (Lipinski definition) is 0. The normalized spacial score (nSPS) is 10.7. The van der Waals surface area contributed by atoms with Crippen LogP contribution in [0.5, 0.6) is 5.75 Å². The zero-order valence-electron chi connectivity index (χ0n) is 13.4. The Labute approximate surface area is 140 Å². The van der Waals surface area contributed by atoms with Crippen LogP contribution in [0.25, 0.3) is 6.08 Å². The highest BCUT2D eigenvalue weighted by Gasteiger charge is 2.06. The van der Waals surface area contributed by atoms with Gasteiger partial charge < -0.3 is 9.64 Å². The lowest BCUT2D eigenvalue weighted by molar-refractivity contribution is -0.130. The maximum absolute atomic E-state index is 12.1. The number of ether oxygens (including phenoxy) is 1. The Morgan fingerprint density at radius 2 is 1.83 bits per heavy atom. The van der Waals surface area contributed by atoms with Crippen LogP contribution >= 0.6 is 11.3 Å². The van der Waals surface area contributed by atoms with Crippen LogP contribution in [0.1, 0.15) is 20.1 Å². The Morgan fingerprint density at radius 3 is 2.39 bits per heavy atom. The summed E-state index contributed by atoms with van der Waals surface area (Å²) < 4.78 is 5.38. The Bertz CT molecular complexity index is 714. The fourth-order valence-electron chi connectivity index (χ4n) is 1.79. The zero-order chi connectivity index (χ0) is 16.8. The zero-order valence-corrected chi connectivity index (χ0v) is 14.2. The highest BCUT2D eigenvalue weighted by Crippen LogP contribution is 2.17. The summed E-state index contributed by atoms with van der Waals surface area (Å²) in [6.45, 7) is 2.02. The molecule has 0 radical (unpaired) electrons. The van der Waals surface area contributed by atoms with Gasteiger partial charge in [-0.05, 0) is 55.5 Å². The molecule has 1 aromatic carbocycles. The van der Waals surface area contributed by atoms with Gasteiger partial charge in [-0.15, -0.1) is 11.3 Å². The molecular weight excluding hydrogens is 310 g/mol. The fraction of sp³-hybridized carbons (Fsp3) is 0.222. The van der Waals surface area contributed by atoms with Gasteiger partial charge in [0.1, 0.15) is 5.75 Å². The summed E-state index contributed by atoms with van der Waals surface area (Å²) in [5.41, 5.74) is 0.584. The molecule has 1 amide bonds. The first-order valence-corrected chi connectivity index (χ1v) is 7.99. The maximum atomic E-state index is 12.1. The molecule has 1 heterocycles. The number of nitrogens with zero attached hydrogens (tertiary/aromatic N) is 1. The van der Waals surface area contributed by atoms with Crippen molar-refractivity contribution in [2.45, 2.75) is 6.92 Å². The number of carbonyl (C=O) groups excluding carboxylic acids is 2. The van der Waals surface area contributed by atoms with Crippen molar-refractivity contribution in [1.29, 1.82) is 0 Å². The lowest BCUT2D eigenvalue weighted by Crippen LogP contribution is -2.27. The Kier molecular flexibility index (Phi) is 5.71. The van der Waals surface area contributed by atoms with E-state index in [0.717, 1.165) is 4.88 Å². The van der Waals surface area contributed by atoms with Crippen molar-refractivity contribution < 1.29 is 14.3 Å². The van der Waals surface area contributed by atoms with Crippen molar-refractivity contribution in [3.63, 3.8) is 0 Å². The molecule has 4 nitrogen and oxygen atoms in total. The number of hydrogen-bond acceptors (Lipinski definition) is 4. The molecule has 0 aliphatic heterocycles. The second kappa shape index (κ2) is 7.74. The van der Waals surface area contributed by atoms with Crippen LogP contribution in [0.2, 0.25) is 0 Å². The van der Waals surface area contributed by atoms with Gasteiger partial charge in [-0.25, -0.2) is 0 Å². The molecule has 0 spiro atoms. The van der Waals surface area contributed by atoms with Crippen molar-refractivity contribution >= 4 is 29.1 Å². The summed E-state index contributed by atoms with van der Waals surface area (Å²) >= 11 is 1.64. The van der Waals surface area contributed by atoms with Crippen molar-refractivity contribution in [3.05, 3.63) is 57.8 Å². The number of aryl methyl sites for hydroxylation is 1. The molecule has 2 aromatic rings. The SMILES string of the molecule is Cc1ccc(/C=C/C(=O)c2ccc(OCC(=O)N(C)C)cc2)s1. The highest BCUT2D eigenvalue weighted by atomic mass is 32.1. The lowest BCUT2D eigenvalue weighted by atomic mass is 10.1. The first-order valence-electron chi connectivity index (χ1n) is 7.17. The second-order valence-corrected chi connectivity index (χ2v) is 6.57. The molecule has 0 bridgehead atoms. The first kappa shape index (κ1) is 17.0. The van der Waals surface area contributed by atoms with E-state index in [1.54, 1.807) is 55.8 Å². The Balaban J connectivity index is 1.94. The molecule has 0 fully saturated rings. The van der Waals surface area contributed by atoms with E-state index in [2.05, 4.69) is 0 Å². The van der Waals surface area contributed by atoms with Gasteiger partial charge >= 0.3 is 0 Å². The predicted molar refractivity (Wildman–Crippen MR) is 93.1 cm³/mol. The number of rotatable bonds is 6. The van der Waals surface area contributed by atoms with Gasteiger partial charge in [0.2, 0.25) is 0 Å². The molecule has 0 unspecified atom stereocenters. The molecule has 0 aliphatic rings. The average molecular weight is 329 g/mol. The van der Waals surface area contributed by atoms with Crippen molar-refractivity contribution in [1.82, 2.24) is 4.90 Å². The molecule has 0 saturated heterocycles. The molecule has 120 valence electrons. The quantitative estimate of drug-likeness (QED) is 0.602. The van der Waals surface area contributed by atoms with Gasteiger partial charge in [-0.1, -0.05) is 0 Å². The van der Waals surface area contributed by atoms with E-state index in [-0.39, 0.29) is 18.3 Å². The van der Waals surface area contributed by atoms with Gasteiger partial charge in [0.25, 0.3) is 5.91 Å². The van der Waals surface area contributed by atoms with E-state index in [4.69, 9.17) is 4.74 Å². The third kappa shape index (κ3) is 5.07. The number of ketones is 1. The van der Waals surface area contributed by atoms with Gasteiger partial charge in [-0.2, -0.15) is 0 Å². The monoisotopic (exact) mass is 329 g/mol. The number of benzene rings is 1. The van der Waals surface area contributed by atoms with E-state index >= 15 is 0 Å². The van der Waals surface area contributed by atoms with Crippen LogP contribution in [0, 0.1) is 6.92 Å². The van der Waals surface area contributed by atoms with Crippen molar-refractivity contribution in [2.24, 2.45) is 0 Å². The number of carbonyl (C=O) groups is 2. The van der Waals surface area contributed by atoms with Gasteiger partial charge in [0.15, 0.2) is 12.4 Å². The smallest absolute Gasteiger partial charge is 0.259 e. The van der Waals surface area contributed by atoms with Crippen LogP contribution < -0.4 is 4.74 Å². The first-order chi connectivity index (χ1) is 11.0. The van der Waals surface area contributed by atoms with Crippen molar-refractivity contribution in [2.75, 3.05) is 20.7 Å². The molecule has 23 heavy (non-hydrogen) atoms. The summed E-state index contributed by atoms with van der Waals surface area (Å²) in [7, 11) is 3.35. The molecule has 5 heteroatoms. The summed E-state index contributed by atoms with van der Waals surface area (Å²) in [5, 5.41) is 0. The molecule has 0 N–H and O–H groups in total. The number of likely N-dealkylation sites (N-methyl/N-ethyl adjacent to an activating group) is 1. The molecule has 0 atom stereocenters. The van der Waals surface area contributed by atoms with Crippen LogP contribution in [0.4, 0.5) is 0 Å². The van der Waals surface area contributed by atoms with Crippen LogP contribution in [0.3, 0.4) is 0 Å². The molecule has 0 saturated carbocycles. The summed E-state index contributed by atoms with van der Waals surface area (Å²) in [5.74, 6) is 0.390. The van der Waals surface area contributed by atoms with Crippen LogP contribution in [-0.4, -0.2) is 37.3 Å². The van der Waals surface area contributed by atoms with E-state index < -0.39 is 0 Å². The fourth-order valence-corrected chi connectivity index (χ4v) is 2.57. The van der Waals surface area contributed by atoms with Gasteiger partial charge in [-0.3, -0.25) is 9.59 Å². The minimum atomic E-state index is -0.112. The summed E-state index contributed by atoms with van der Waals surface area (Å²) in [6, 6.07) is 10.8. The van der Waals surface area contributed by atoms with E-state index in [1.807, 2.05) is 25.1 Å². The third-order valence-electron chi connectivity index (χ3n) is 3.16. The number of amides is 1. The van der Waals surface area contributed by atoms with E-state index in [0.29, 0.717) is 11.3 Å². The summed E-state index contributed by atoms with van der Waals surface area (Å²) in [4.78, 5) is 27.3. The van der Waals surface area contributed by atoms with E-state index in [1.165, 1.54) is 9.78 Å². The van der Waals surface area contributed by atoms with E-state index in [9.17, 15) is 9.59 Å². The minimum Gasteiger partial charge on any atom is -0.484 e. The Hall–Kier alpha value is -2.40. The van der Waals surface area contributed by atoms with Gasteiger partial charge in [0, 0.05) is 29.4 Å². The number of allylic oxidation sites excluding steroid dienone is 1. The maximum Gasteiger partial charge on any atom is 0.259 e. The van der Waals surface area contributed by atoms with Crippen LogP contribution in [0.15, 0.2) is 42.5 Å². The largest absolute Gasteiger partial charge is 0.484 e. The van der Waals surface area contributed by atoms with Crippen LogP contribution in [-0.2, 0) is 4.79 Å². The predicted octanol–water partition coefficient (Wildman–Crippen LogP) is 3.42. The van der Waals surface area contributed by atoms with Crippen molar-refractivity contribution in [3.8, 4) is 5.75 Å². The lowest BCUT2D eigenvalue weighted by Gasteiger charge is -2.11. The average Bonchev–Trinajstić information content (AvgIpc) is 2.96. The minimum absolute atomic E-state index is 0.0159. The second-order valence-electron chi connectivity index (χ2n) is 5.25. The third-order valence-corrected chi connectivity index (χ3v) is 4.13. The molecule has 0 aliphatic carbocycles. The molecule has 2 rings (SSSR count). The van der Waals surface area contributed by atoms with Gasteiger partial charge in [0.05, 0.1) is 0 Å². The number of thiophene rings is 1. The molecular formula is C18H19NO3S. The molecule has 1 aromatic heterocycles. The topological polar surface area (TPSA) is 46.6 Å². The highest BCUT2D eigenvalue weighted by molar-refractivity contribution is 7.12. The summed E-state index contributed by atoms with van der Waals surface area (Å²) in [6.07, 6.45) is 3.39.